The normalized spacial score (nSPS) is 18.3. The van der Waals surface area contributed by atoms with Crippen molar-refractivity contribution in [3.05, 3.63) is 12.2 Å². The van der Waals surface area contributed by atoms with E-state index in [1.807, 2.05) is 6.08 Å². The van der Waals surface area contributed by atoms with Crippen molar-refractivity contribution >= 4 is 11.9 Å². The Labute approximate surface area is 531 Å². The third kappa shape index (κ3) is 50.1. The second-order valence-corrected chi connectivity index (χ2v) is 26.8. The van der Waals surface area contributed by atoms with Gasteiger partial charge in [-0.2, -0.15) is 0 Å². The molecule has 510 valence electrons. The molecular weight excluding hydrogens is 1070 g/mol. The number of aliphatic hydroxyl groups is 5. The number of esters is 1. The zero-order chi connectivity index (χ0) is 62.4. The molecular formula is C75H145NO10. The van der Waals surface area contributed by atoms with Crippen molar-refractivity contribution in [2.75, 3.05) is 13.2 Å². The Bertz CT molecular complexity index is 1450. The lowest BCUT2D eigenvalue weighted by Crippen LogP contribution is -2.61. The Morgan fingerprint density at radius 3 is 1.09 bits per heavy atom. The molecule has 1 heterocycles. The van der Waals surface area contributed by atoms with Crippen LogP contribution in [0.3, 0.4) is 0 Å². The fraction of sp³-hybridized carbons (Fsp3) is 0.947. The summed E-state index contributed by atoms with van der Waals surface area (Å²) < 4.78 is 17.7. The van der Waals surface area contributed by atoms with Crippen molar-refractivity contribution in [3.8, 4) is 0 Å². The van der Waals surface area contributed by atoms with E-state index in [2.05, 4.69) is 26.1 Å². The van der Waals surface area contributed by atoms with E-state index in [1.54, 1.807) is 6.08 Å². The lowest BCUT2D eigenvalue weighted by molar-refractivity contribution is -0.305. The molecule has 86 heavy (non-hydrogen) atoms. The Hall–Kier alpha value is -1.60. The molecule has 0 bridgehead atoms. The molecule has 0 spiro atoms. The minimum Gasteiger partial charge on any atom is -0.454 e. The second-order valence-electron chi connectivity index (χ2n) is 26.8. The fourth-order valence-electron chi connectivity index (χ4n) is 12.5. The van der Waals surface area contributed by atoms with Crippen molar-refractivity contribution in [1.82, 2.24) is 5.32 Å². The van der Waals surface area contributed by atoms with Gasteiger partial charge in [0.15, 0.2) is 12.4 Å². The number of allylic oxidation sites excluding steroid dienone is 1. The molecule has 1 amide bonds. The first kappa shape index (κ1) is 82.4. The lowest BCUT2D eigenvalue weighted by Gasteiger charge is -2.41. The number of unbranched alkanes of at least 4 members (excludes halogenated alkanes) is 53. The summed E-state index contributed by atoms with van der Waals surface area (Å²) in [5, 5.41) is 57.3. The average molecular weight is 1220 g/mol. The smallest absolute Gasteiger partial charge is 0.306 e. The van der Waals surface area contributed by atoms with Crippen LogP contribution in [0.5, 0.6) is 0 Å². The minimum atomic E-state index is -1.61. The number of hydrogen-bond acceptors (Lipinski definition) is 10. The van der Waals surface area contributed by atoms with Gasteiger partial charge in [0.25, 0.3) is 0 Å². The lowest BCUT2D eigenvalue weighted by atomic mass is 9.99. The van der Waals surface area contributed by atoms with Crippen LogP contribution in [-0.2, 0) is 23.8 Å². The van der Waals surface area contributed by atoms with E-state index in [0.29, 0.717) is 19.3 Å². The number of hydrogen-bond donors (Lipinski definition) is 6. The van der Waals surface area contributed by atoms with Crippen molar-refractivity contribution in [3.63, 3.8) is 0 Å². The van der Waals surface area contributed by atoms with Gasteiger partial charge in [-0.25, -0.2) is 0 Å². The standard InChI is InChI=1S/C75H145NO10/c1-4-7-10-13-16-19-22-25-27-29-31-32-33-34-35-36-37-39-40-42-44-47-50-53-56-59-62-68(79)74(83)76-66(67(78)61-58-55-52-49-46-24-21-18-15-12-9-6-3)65-84-75-73(72(82)71(81)69(64-77)85-75)86-70(80)63-60-57-54-51-48-45-43-41-38-30-28-26-23-20-17-14-11-8-5-2/h58,61,66-69,71-73,75,77-79,81-82H,4-57,59-60,62-65H2,1-3H3,(H,76,83)/b61-58+. The van der Waals surface area contributed by atoms with Crippen LogP contribution in [0.15, 0.2) is 12.2 Å². The van der Waals surface area contributed by atoms with Gasteiger partial charge in [-0.05, 0) is 25.7 Å². The Morgan fingerprint density at radius 1 is 0.442 bits per heavy atom. The van der Waals surface area contributed by atoms with Crippen LogP contribution in [0.25, 0.3) is 0 Å². The summed E-state index contributed by atoms with van der Waals surface area (Å²) in [5.41, 5.74) is 0. The SMILES string of the molecule is CCCCCCCCCCCC/C=C/C(O)C(COC1OC(CO)C(O)C(O)C1OC(=O)CCCCCCCCCCCCCCCCCCCCC)NC(=O)C(O)CCCCCCCCCCCCCCCCCCCCCCCCCCCC. The highest BCUT2D eigenvalue weighted by Gasteiger charge is 2.47. The van der Waals surface area contributed by atoms with Gasteiger partial charge in [0.05, 0.1) is 25.4 Å². The summed E-state index contributed by atoms with van der Waals surface area (Å²) in [6, 6.07) is -1.02. The first-order valence-corrected chi connectivity index (χ1v) is 38.0. The van der Waals surface area contributed by atoms with Gasteiger partial charge in [0, 0.05) is 6.42 Å². The molecule has 8 atom stereocenters. The van der Waals surface area contributed by atoms with Gasteiger partial charge >= 0.3 is 5.97 Å². The molecule has 8 unspecified atom stereocenters. The number of nitrogens with one attached hydrogen (secondary N) is 1. The first-order valence-electron chi connectivity index (χ1n) is 38.0. The van der Waals surface area contributed by atoms with Gasteiger partial charge in [0.2, 0.25) is 5.91 Å². The van der Waals surface area contributed by atoms with Crippen LogP contribution in [-0.4, -0.2) is 99.6 Å². The Morgan fingerprint density at radius 2 is 0.756 bits per heavy atom. The third-order valence-electron chi connectivity index (χ3n) is 18.4. The quantitative estimate of drug-likeness (QED) is 0.0195. The number of carbonyl (C=O) groups is 2. The summed E-state index contributed by atoms with van der Waals surface area (Å²) >= 11 is 0. The molecule has 1 fully saturated rings. The van der Waals surface area contributed by atoms with Gasteiger partial charge in [0.1, 0.15) is 24.4 Å². The van der Waals surface area contributed by atoms with Gasteiger partial charge in [-0.3, -0.25) is 9.59 Å². The van der Waals surface area contributed by atoms with Crippen LogP contribution in [0.4, 0.5) is 0 Å². The summed E-state index contributed by atoms with van der Waals surface area (Å²) in [6.45, 7) is 5.87. The van der Waals surface area contributed by atoms with Crippen molar-refractivity contribution in [2.24, 2.45) is 0 Å². The monoisotopic (exact) mass is 1220 g/mol. The molecule has 1 rings (SSSR count). The maximum atomic E-state index is 13.5. The number of carbonyl (C=O) groups excluding carboxylic acids is 2. The summed E-state index contributed by atoms with van der Waals surface area (Å²) in [7, 11) is 0. The number of amides is 1. The van der Waals surface area contributed by atoms with Crippen LogP contribution >= 0.6 is 0 Å². The highest BCUT2D eigenvalue weighted by molar-refractivity contribution is 5.80. The molecule has 11 nitrogen and oxygen atoms in total. The van der Waals surface area contributed by atoms with Crippen molar-refractivity contribution in [2.45, 2.75) is 442 Å². The third-order valence-corrected chi connectivity index (χ3v) is 18.4. The molecule has 0 radical (unpaired) electrons. The van der Waals surface area contributed by atoms with E-state index >= 15 is 0 Å². The summed E-state index contributed by atoms with van der Waals surface area (Å²) in [5.74, 6) is -1.17. The minimum absolute atomic E-state index is 0.132. The average Bonchev–Trinajstić information content (AvgIpc) is 2.79. The fourth-order valence-corrected chi connectivity index (χ4v) is 12.5. The molecule has 6 N–H and O–H groups in total. The van der Waals surface area contributed by atoms with E-state index in [0.717, 1.165) is 57.8 Å². The predicted octanol–water partition coefficient (Wildman–Crippen LogP) is 19.8. The van der Waals surface area contributed by atoms with E-state index in [1.165, 1.54) is 289 Å². The Balaban J connectivity index is 2.51. The maximum absolute atomic E-state index is 13.5. The maximum Gasteiger partial charge on any atom is 0.306 e. The Kier molecular flexibility index (Phi) is 60.9. The van der Waals surface area contributed by atoms with E-state index in [9.17, 15) is 35.1 Å². The zero-order valence-corrected chi connectivity index (χ0v) is 57.0. The summed E-state index contributed by atoms with van der Waals surface area (Å²) in [6.07, 6.45) is 65.6. The van der Waals surface area contributed by atoms with Crippen molar-refractivity contribution < 1.29 is 49.3 Å². The summed E-state index contributed by atoms with van der Waals surface area (Å²) in [4.78, 5) is 26.7. The molecule has 0 aromatic rings. The van der Waals surface area contributed by atoms with Crippen LogP contribution in [0, 0.1) is 0 Å². The predicted molar refractivity (Wildman–Crippen MR) is 361 cm³/mol. The molecule has 0 saturated carbocycles. The molecule has 0 aliphatic carbocycles. The van der Waals surface area contributed by atoms with Crippen LogP contribution in [0.2, 0.25) is 0 Å². The highest BCUT2D eigenvalue weighted by atomic mass is 16.7. The molecule has 1 aliphatic heterocycles. The second kappa shape index (κ2) is 63.5. The largest absolute Gasteiger partial charge is 0.454 e. The number of ether oxygens (including phenoxy) is 3. The van der Waals surface area contributed by atoms with Gasteiger partial charge < -0.3 is 45.1 Å². The van der Waals surface area contributed by atoms with Crippen LogP contribution < -0.4 is 5.32 Å². The molecule has 0 aromatic heterocycles. The molecule has 11 heteroatoms. The number of rotatable bonds is 67. The first-order chi connectivity index (χ1) is 42.2. The highest BCUT2D eigenvalue weighted by Crippen LogP contribution is 2.27. The van der Waals surface area contributed by atoms with E-state index in [-0.39, 0.29) is 13.0 Å². The van der Waals surface area contributed by atoms with Crippen molar-refractivity contribution in [1.29, 1.82) is 0 Å². The molecule has 1 saturated heterocycles. The van der Waals surface area contributed by atoms with Gasteiger partial charge in [-0.1, -0.05) is 373 Å². The molecule has 0 aromatic carbocycles. The number of aliphatic hydroxyl groups excluding tert-OH is 5. The van der Waals surface area contributed by atoms with E-state index in [4.69, 9.17) is 14.2 Å². The zero-order valence-electron chi connectivity index (χ0n) is 57.0. The topological polar surface area (TPSA) is 175 Å². The van der Waals surface area contributed by atoms with Gasteiger partial charge in [-0.15, -0.1) is 0 Å². The van der Waals surface area contributed by atoms with Crippen LogP contribution in [0.1, 0.15) is 393 Å². The van der Waals surface area contributed by atoms with E-state index < -0.39 is 67.4 Å². The molecule has 1 aliphatic rings.